The van der Waals surface area contributed by atoms with Gasteiger partial charge in [-0.2, -0.15) is 0 Å². The van der Waals surface area contributed by atoms with Gasteiger partial charge in [0.05, 0.1) is 40.7 Å². The van der Waals surface area contributed by atoms with Crippen molar-refractivity contribution in [3.8, 4) is 28.7 Å². The van der Waals surface area contributed by atoms with Crippen LogP contribution in [0.3, 0.4) is 0 Å². The highest BCUT2D eigenvalue weighted by Gasteiger charge is 2.56. The molecule has 4 bridgehead atoms. The first-order valence-corrected chi connectivity index (χ1v) is 45.5. The molecule has 6 aliphatic heterocycles. The number of halogens is 1. The van der Waals surface area contributed by atoms with Gasteiger partial charge in [-0.05, 0) is 188 Å². The van der Waals surface area contributed by atoms with Crippen molar-refractivity contribution in [2.24, 2.45) is 41.2 Å². The summed E-state index contributed by atoms with van der Waals surface area (Å²) in [4.78, 5) is 176. The second-order valence-corrected chi connectivity index (χ2v) is 37.2. The monoisotopic (exact) mass is 1800 g/mol. The number of hydrogen-bond acceptors (Lipinski definition) is 23. The van der Waals surface area contributed by atoms with Crippen molar-refractivity contribution in [3.63, 3.8) is 0 Å². The number of carboxylic acids is 1. The number of anilines is 4. The number of carboxylic acid groups (broad SMARTS) is 1. The van der Waals surface area contributed by atoms with E-state index < -0.39 is 135 Å². The zero-order chi connectivity index (χ0) is 94.1. The molecule has 8 amide bonds. The molecule has 0 radical (unpaired) electrons. The third kappa shape index (κ3) is 20.1. The maximum absolute atomic E-state index is 16.7. The molecule has 5 aromatic rings. The van der Waals surface area contributed by atoms with Crippen LogP contribution in [0.5, 0.6) is 17.2 Å². The zero-order valence-electron chi connectivity index (χ0n) is 76.5. The first-order chi connectivity index (χ1) is 62.4. The number of nitrogens with zero attached hydrogens (tertiary/aromatic N) is 6. The largest absolute Gasteiger partial charge is 0.507 e. The minimum absolute atomic E-state index is 0.00709. The second-order valence-electron chi connectivity index (χ2n) is 37.2. The number of carbonyl (C=O) groups excluding carboxylic acids is 9. The highest BCUT2D eigenvalue weighted by molar-refractivity contribution is 6.23. The average Bonchev–Trinajstić information content (AvgIpc) is 1.60. The van der Waals surface area contributed by atoms with Gasteiger partial charge in [-0.3, -0.25) is 62.1 Å². The maximum atomic E-state index is 16.7. The summed E-state index contributed by atoms with van der Waals surface area (Å²) in [5, 5.41) is 35.8. The molecule has 14 rings (SSSR count). The Morgan fingerprint density at radius 2 is 1.56 bits per heavy atom. The Balaban J connectivity index is 0.787. The van der Waals surface area contributed by atoms with Crippen LogP contribution in [0.4, 0.5) is 31.9 Å². The number of rotatable bonds is 28. The molecule has 32 nitrogen and oxygen atoms in total. The fourth-order valence-electron chi connectivity index (χ4n) is 20.0. The van der Waals surface area contributed by atoms with Crippen molar-refractivity contribution in [1.82, 2.24) is 35.1 Å². The number of Topliss-reactive ketones (excluding diaryl/α,β-unsaturated/α-hetero) is 1. The lowest BCUT2D eigenvalue weighted by Crippen LogP contribution is -2.54. The molecular formula is C98H119FN12O20. The number of aromatic hydroxyl groups is 1. The third-order valence-corrected chi connectivity index (χ3v) is 27.3. The summed E-state index contributed by atoms with van der Waals surface area (Å²) < 4.78 is 56.8. The van der Waals surface area contributed by atoms with Gasteiger partial charge in [0.2, 0.25) is 23.2 Å². The number of aryl methyl sites for hydroxylation is 1. The van der Waals surface area contributed by atoms with Gasteiger partial charge < -0.3 is 80.4 Å². The summed E-state index contributed by atoms with van der Waals surface area (Å²) in [6.45, 7) is 21.6. The van der Waals surface area contributed by atoms with Crippen LogP contribution in [0.1, 0.15) is 208 Å². The number of unbranched alkanes of at least 4 members (excludes halogenated alkanes) is 2. The Kier molecular flexibility index (Phi) is 28.4. The number of aromatic carboxylic acids is 1. The van der Waals surface area contributed by atoms with E-state index in [0.29, 0.717) is 98.4 Å². The number of ether oxygens (including phenoxy) is 5. The quantitative estimate of drug-likeness (QED) is 0.00742. The van der Waals surface area contributed by atoms with Crippen molar-refractivity contribution in [2.75, 3.05) is 73.9 Å². The molecule has 3 aliphatic carbocycles. The molecule has 9 N–H and O–H groups in total. The summed E-state index contributed by atoms with van der Waals surface area (Å²) in [5.41, 5.74) is 6.57. The number of urea groups is 1. The molecule has 33 heteroatoms. The molecule has 9 aliphatic rings. The number of nitrogens with two attached hydrogens (primary N) is 1. The predicted molar refractivity (Wildman–Crippen MR) is 490 cm³/mol. The Morgan fingerprint density at radius 3 is 2.22 bits per heavy atom. The van der Waals surface area contributed by atoms with Crippen molar-refractivity contribution < 1.29 is 90.7 Å². The van der Waals surface area contributed by atoms with Gasteiger partial charge in [0, 0.05) is 136 Å². The lowest BCUT2D eigenvalue weighted by atomic mass is 9.82. The molecule has 3 aromatic carbocycles. The number of phenols is 1. The minimum atomic E-state index is -2.16. The summed E-state index contributed by atoms with van der Waals surface area (Å²) in [5.74, 6) is -9.90. The number of fused-ring (bicyclic) bond motifs is 3. The summed E-state index contributed by atoms with van der Waals surface area (Å²) in [6, 6.07) is 8.87. The van der Waals surface area contributed by atoms with Crippen molar-refractivity contribution in [3.05, 3.63) is 157 Å². The van der Waals surface area contributed by atoms with Gasteiger partial charge in [-0.25, -0.2) is 19.0 Å². The normalized spacial score (nSPS) is 23.3. The Labute approximate surface area is 758 Å². The van der Waals surface area contributed by atoms with Gasteiger partial charge in [0.15, 0.2) is 22.9 Å². The Morgan fingerprint density at radius 1 is 0.847 bits per heavy atom. The molecule has 698 valence electrons. The van der Waals surface area contributed by atoms with Gasteiger partial charge in [0.1, 0.15) is 58.8 Å². The molecule has 10 atom stereocenters. The van der Waals surface area contributed by atoms with Crippen LogP contribution >= 0.6 is 0 Å². The number of esters is 1. The molecule has 2 aromatic heterocycles. The molecule has 0 unspecified atom stereocenters. The highest BCUT2D eigenvalue weighted by atomic mass is 19.1. The molecule has 8 heterocycles. The number of phenolic OH excluding ortho intramolecular Hbond substituents is 1. The van der Waals surface area contributed by atoms with Gasteiger partial charge >= 0.3 is 23.8 Å². The first-order valence-electron chi connectivity index (χ1n) is 45.5. The SMILES string of the molecule is CO[C@H]1/C=C/O[C@@]2(C)Oc3c(C)c(O)c4c(=O)c(c5oc6cc(N7CCC(N(C)C8([C@H]9CCN(c%10c(F)cn%11c(=O)c(C(=O)O)cc(C%12CC%12)c%11c%10C)C9)CC8)CC7)cc(OCc7ccc(NC(=O)[C@H](CCCNC(N)=O)NC(=O)[C@@H](NC(=O)CCCCCN8C(=O)C=CC8=O)C(C)C)cc7)c6nc-5c4c3C2=O)NC(=O)/C(C)=C\C=C\[C@H](C)C[C@@H](C)C[C@@H](C)[C@H](OC(C)=O)[C@@H]1C. The molecule has 2 saturated carbocycles. The van der Waals surface area contributed by atoms with E-state index in [-0.39, 0.29) is 142 Å². The maximum Gasteiger partial charge on any atom is 0.341 e. The standard InChI is InChI=1S/C98H119FN12O20/c1-51(2)79(104-73(113)22-15-14-16-38-110-74(114)29-30-75(110)115)93(121)103-69(21-18-37-101-96(100)125)92(120)102-63-27-23-60(24-28-63)50-127-71-45-65(108-40-32-64(33-41-108)107(12)98(35-36-98)62-31-39-109(48-62)84-57(8)83-66(61-25-26-61)47-67(95(123)124)94(122)111(83)49-68(84)99)46-72-80(71)105-81-76-77-85(116)58(9)88-78(76)90(118)97(11,131-88)128-42-34-70(126-13)56(7)87(129-59(10)112)55(6)44-53(4)43-52(3)19-17-20-54(5)91(119)106-82(86(77)117)89(81)130-72/h17,19-20,23-24,27-30,34,42,45-47,49,51-53,55-56,61-62,64,69-70,79,87,116H,14-16,18,21-22,25-26,31-33,35-41,43-44,48,50H2,1-13H3,(H,102,120)(H,103,121)(H,104,113)(H,106,119)(H,123,124)(H3,100,101,125)/b19-17+,42-34+,54-20-/t52-,53+,55+,56+,62-,69-,70-,79-,87-,97-/m0/s1. The number of piperidine rings is 1. The van der Waals surface area contributed by atoms with E-state index in [9.17, 15) is 58.2 Å². The number of hydrogen-bond donors (Lipinski definition) is 8. The molecule has 131 heavy (non-hydrogen) atoms. The summed E-state index contributed by atoms with van der Waals surface area (Å²) in [7, 11) is 3.68. The smallest absolute Gasteiger partial charge is 0.341 e. The van der Waals surface area contributed by atoms with Crippen molar-refractivity contribution >= 4 is 109 Å². The number of benzene rings is 4. The van der Waals surface area contributed by atoms with Crippen LogP contribution in [0.2, 0.25) is 0 Å². The van der Waals surface area contributed by atoms with E-state index in [0.717, 1.165) is 55.2 Å². The fraction of sp³-hybridized carbons (Fsp3) is 0.500. The molecular weight excluding hydrogens is 1680 g/mol. The van der Waals surface area contributed by atoms with Crippen LogP contribution in [0.15, 0.2) is 111 Å². The minimum Gasteiger partial charge on any atom is -0.507 e. The predicted octanol–water partition coefficient (Wildman–Crippen LogP) is 12.7. The second kappa shape index (κ2) is 39.3. The third-order valence-electron chi connectivity index (χ3n) is 27.3. The lowest BCUT2D eigenvalue weighted by Gasteiger charge is -2.43. The highest BCUT2D eigenvalue weighted by Crippen LogP contribution is 2.55. The van der Waals surface area contributed by atoms with Gasteiger partial charge in [-0.15, -0.1) is 0 Å². The van der Waals surface area contributed by atoms with Crippen LogP contribution in [-0.4, -0.2) is 184 Å². The van der Waals surface area contributed by atoms with E-state index in [2.05, 4.69) is 62.2 Å². The topological polar surface area (TPSA) is 421 Å². The molecule has 0 spiro atoms. The summed E-state index contributed by atoms with van der Waals surface area (Å²) >= 11 is 0. The number of imide groups is 1. The zero-order valence-corrected chi connectivity index (χ0v) is 76.5. The summed E-state index contributed by atoms with van der Waals surface area (Å²) in [6.07, 6.45) is 19.4. The molecule has 2 saturated heterocycles. The first kappa shape index (κ1) is 94.6. The number of aromatic nitrogens is 2. The Hall–Kier alpha value is -12.5. The number of allylic oxidation sites excluding steroid dienone is 3. The van der Waals surface area contributed by atoms with E-state index in [1.54, 1.807) is 69.3 Å². The number of primary amides is 1. The number of carbonyl (C=O) groups is 10. The Bertz CT molecular complexity index is 5880. The van der Waals surface area contributed by atoms with Crippen LogP contribution < -0.4 is 62.6 Å². The number of nitrogens with one attached hydrogen (secondary N) is 5. The van der Waals surface area contributed by atoms with E-state index in [1.165, 1.54) is 56.8 Å². The number of amides is 8. The van der Waals surface area contributed by atoms with E-state index >= 15 is 14.0 Å². The molecule has 4 fully saturated rings. The average molecular weight is 1800 g/mol. The van der Waals surface area contributed by atoms with E-state index in [4.69, 9.17) is 38.8 Å². The fourth-order valence-corrected chi connectivity index (χ4v) is 20.0. The van der Waals surface area contributed by atoms with Gasteiger partial charge in [0.25, 0.3) is 29.1 Å². The lowest BCUT2D eigenvalue weighted by molar-refractivity contribution is -0.155. The van der Waals surface area contributed by atoms with Crippen LogP contribution in [-0.2, 0) is 54.4 Å². The van der Waals surface area contributed by atoms with Crippen LogP contribution in [0, 0.1) is 55.2 Å². The van der Waals surface area contributed by atoms with Crippen LogP contribution in [0.25, 0.3) is 38.8 Å². The number of ketones is 1. The van der Waals surface area contributed by atoms with Crippen molar-refractivity contribution in [1.29, 1.82) is 0 Å². The van der Waals surface area contributed by atoms with Gasteiger partial charge in [-0.1, -0.05) is 78.3 Å². The number of methoxy groups -OCH3 is 1. The van der Waals surface area contributed by atoms with E-state index in [1.807, 2.05) is 32.9 Å². The number of pyridine rings is 2. The van der Waals surface area contributed by atoms with Crippen molar-refractivity contribution in [2.45, 2.75) is 227 Å².